The minimum atomic E-state index is -3.75. The van der Waals surface area contributed by atoms with Crippen molar-refractivity contribution in [2.75, 3.05) is 26.0 Å². The van der Waals surface area contributed by atoms with Gasteiger partial charge in [-0.05, 0) is 42.9 Å². The molecule has 33 heavy (non-hydrogen) atoms. The van der Waals surface area contributed by atoms with Gasteiger partial charge in [0.2, 0.25) is 17.6 Å². The minimum Gasteiger partial charge on any atom is -0.496 e. The van der Waals surface area contributed by atoms with Crippen LogP contribution in [-0.4, -0.2) is 55.3 Å². The van der Waals surface area contributed by atoms with Gasteiger partial charge in [0.1, 0.15) is 17.3 Å². The average Bonchev–Trinajstić information content (AvgIpc) is 3.27. The van der Waals surface area contributed by atoms with Crippen molar-refractivity contribution in [1.82, 2.24) is 15.0 Å². The molecule has 2 aromatic carbocycles. The lowest BCUT2D eigenvalue weighted by atomic mass is 9.90. The number of carbonyl (C=O) groups excluding carboxylic acids is 1. The van der Waals surface area contributed by atoms with E-state index in [0.29, 0.717) is 30.3 Å². The van der Waals surface area contributed by atoms with Gasteiger partial charge in [-0.1, -0.05) is 47.6 Å². The zero-order chi connectivity index (χ0) is 23.3. The molecule has 4 rings (SSSR count). The highest BCUT2D eigenvalue weighted by Crippen LogP contribution is 2.27. The van der Waals surface area contributed by atoms with Crippen LogP contribution in [-0.2, 0) is 26.8 Å². The number of sulfone groups is 1. The third-order valence-electron chi connectivity index (χ3n) is 5.84. The molecule has 2 heterocycles. The molecule has 0 atom stereocenters. The SMILES string of the molecule is COc1ccccc1-c1noc(CS(=O)(=O)CC(=O)N2CCC(Cc3ccccc3)CC2)n1. The number of hydrogen-bond acceptors (Lipinski definition) is 7. The molecule has 1 fully saturated rings. The molecule has 0 radical (unpaired) electrons. The Morgan fingerprint density at radius 2 is 1.79 bits per heavy atom. The molecular weight excluding hydrogens is 442 g/mol. The van der Waals surface area contributed by atoms with Crippen LogP contribution in [0.4, 0.5) is 0 Å². The van der Waals surface area contributed by atoms with Gasteiger partial charge in [0.05, 0.1) is 12.7 Å². The number of rotatable bonds is 8. The molecule has 0 saturated carbocycles. The molecule has 0 spiro atoms. The van der Waals surface area contributed by atoms with E-state index in [2.05, 4.69) is 22.3 Å². The average molecular weight is 470 g/mol. The van der Waals surface area contributed by atoms with Gasteiger partial charge in [-0.2, -0.15) is 4.98 Å². The van der Waals surface area contributed by atoms with Crippen molar-refractivity contribution in [3.05, 3.63) is 66.1 Å². The molecule has 1 aliphatic rings. The van der Waals surface area contributed by atoms with E-state index >= 15 is 0 Å². The van der Waals surface area contributed by atoms with Gasteiger partial charge in [-0.25, -0.2) is 8.42 Å². The Kier molecular flexibility index (Phi) is 7.08. The maximum atomic E-state index is 12.6. The van der Waals surface area contributed by atoms with E-state index < -0.39 is 21.3 Å². The molecular formula is C24H27N3O5S. The van der Waals surface area contributed by atoms with Gasteiger partial charge >= 0.3 is 0 Å². The second kappa shape index (κ2) is 10.2. The smallest absolute Gasteiger partial charge is 0.242 e. The van der Waals surface area contributed by atoms with E-state index in [0.717, 1.165) is 19.3 Å². The number of nitrogens with zero attached hydrogens (tertiary/aromatic N) is 3. The summed E-state index contributed by atoms with van der Waals surface area (Å²) in [6.07, 6.45) is 2.71. The van der Waals surface area contributed by atoms with Crippen molar-refractivity contribution in [3.8, 4) is 17.1 Å². The molecule has 0 N–H and O–H groups in total. The number of aromatic nitrogens is 2. The first-order valence-corrected chi connectivity index (χ1v) is 12.7. The molecule has 1 saturated heterocycles. The molecule has 1 aromatic heterocycles. The molecule has 174 valence electrons. The zero-order valence-corrected chi connectivity index (χ0v) is 19.3. The normalized spacial score (nSPS) is 14.9. The van der Waals surface area contributed by atoms with Crippen LogP contribution >= 0.6 is 0 Å². The standard InChI is InChI=1S/C24H27N3O5S/c1-31-21-10-6-5-9-20(21)24-25-22(32-26-24)16-33(29,30)17-23(28)27-13-11-19(12-14-27)15-18-7-3-2-4-8-18/h2-10,19H,11-17H2,1H3. The van der Waals surface area contributed by atoms with Crippen molar-refractivity contribution in [3.63, 3.8) is 0 Å². The third-order valence-corrected chi connectivity index (χ3v) is 7.21. The highest BCUT2D eigenvalue weighted by Gasteiger charge is 2.28. The van der Waals surface area contributed by atoms with Crippen molar-refractivity contribution in [1.29, 1.82) is 0 Å². The molecule has 9 heteroatoms. The lowest BCUT2D eigenvalue weighted by molar-refractivity contribution is -0.129. The summed E-state index contributed by atoms with van der Waals surface area (Å²) < 4.78 is 35.7. The molecule has 0 aliphatic carbocycles. The Bertz CT molecular complexity index is 1190. The number of ether oxygens (including phenoxy) is 1. The zero-order valence-electron chi connectivity index (χ0n) is 18.5. The van der Waals surface area contributed by atoms with Gasteiger partial charge in [0.15, 0.2) is 9.84 Å². The Balaban J connectivity index is 1.31. The highest BCUT2D eigenvalue weighted by molar-refractivity contribution is 7.91. The summed E-state index contributed by atoms with van der Waals surface area (Å²) in [4.78, 5) is 18.5. The first kappa shape index (κ1) is 23.0. The fraction of sp³-hybridized carbons (Fsp3) is 0.375. The second-order valence-corrected chi connectivity index (χ2v) is 10.3. The Hall–Kier alpha value is -3.20. The van der Waals surface area contributed by atoms with Gasteiger partial charge in [0, 0.05) is 13.1 Å². The number of piperidine rings is 1. The molecule has 1 aliphatic heterocycles. The molecule has 3 aromatic rings. The number of amides is 1. The second-order valence-electron chi connectivity index (χ2n) is 8.26. The van der Waals surface area contributed by atoms with Crippen LogP contribution in [0, 0.1) is 5.92 Å². The molecule has 1 amide bonds. The van der Waals surface area contributed by atoms with Crippen molar-refractivity contribution >= 4 is 15.7 Å². The lowest BCUT2D eigenvalue weighted by Crippen LogP contribution is -2.41. The topological polar surface area (TPSA) is 103 Å². The fourth-order valence-corrected chi connectivity index (χ4v) is 5.26. The van der Waals surface area contributed by atoms with Gasteiger partial charge < -0.3 is 14.2 Å². The summed E-state index contributed by atoms with van der Waals surface area (Å²) in [6, 6.07) is 17.4. The Labute approximate surface area is 193 Å². The minimum absolute atomic E-state index is 0.0507. The van der Waals surface area contributed by atoms with Gasteiger partial charge in [-0.15, -0.1) is 0 Å². The van der Waals surface area contributed by atoms with E-state index in [1.807, 2.05) is 24.3 Å². The van der Waals surface area contributed by atoms with Crippen LogP contribution in [0.25, 0.3) is 11.4 Å². The Morgan fingerprint density at radius 1 is 1.09 bits per heavy atom. The quantitative estimate of drug-likeness (QED) is 0.499. The number of carbonyl (C=O) groups is 1. The van der Waals surface area contributed by atoms with Crippen LogP contribution in [0.1, 0.15) is 24.3 Å². The van der Waals surface area contributed by atoms with E-state index in [4.69, 9.17) is 9.26 Å². The monoisotopic (exact) mass is 469 g/mol. The first-order valence-electron chi connectivity index (χ1n) is 10.9. The van der Waals surface area contributed by atoms with Crippen molar-refractivity contribution in [2.45, 2.75) is 25.0 Å². The van der Waals surface area contributed by atoms with E-state index in [1.165, 1.54) is 12.7 Å². The summed E-state index contributed by atoms with van der Waals surface area (Å²) in [5.74, 6) is -0.181. The van der Waals surface area contributed by atoms with Gasteiger partial charge in [-0.3, -0.25) is 4.79 Å². The lowest BCUT2D eigenvalue weighted by Gasteiger charge is -2.32. The summed E-state index contributed by atoms with van der Waals surface area (Å²) >= 11 is 0. The van der Waals surface area contributed by atoms with E-state index in [9.17, 15) is 13.2 Å². The maximum Gasteiger partial charge on any atom is 0.242 e. The summed E-state index contributed by atoms with van der Waals surface area (Å²) in [5, 5.41) is 3.86. The summed E-state index contributed by atoms with van der Waals surface area (Å²) in [5.41, 5.74) is 1.89. The van der Waals surface area contributed by atoms with Gasteiger partial charge in [0.25, 0.3) is 0 Å². The number of para-hydroxylation sites is 1. The number of methoxy groups -OCH3 is 1. The van der Waals surface area contributed by atoms with Crippen LogP contribution in [0.3, 0.4) is 0 Å². The maximum absolute atomic E-state index is 12.6. The highest BCUT2D eigenvalue weighted by atomic mass is 32.2. The molecule has 8 nitrogen and oxygen atoms in total. The molecule has 0 bridgehead atoms. The third kappa shape index (κ3) is 5.98. The molecule has 0 unspecified atom stereocenters. The van der Waals surface area contributed by atoms with Crippen molar-refractivity contribution < 1.29 is 22.5 Å². The number of likely N-dealkylation sites (tertiary alicyclic amines) is 1. The number of benzene rings is 2. The Morgan fingerprint density at radius 3 is 2.52 bits per heavy atom. The van der Waals surface area contributed by atoms with Crippen LogP contribution in [0.5, 0.6) is 5.75 Å². The predicted molar refractivity (Wildman–Crippen MR) is 123 cm³/mol. The fourth-order valence-electron chi connectivity index (χ4n) is 4.10. The van der Waals surface area contributed by atoms with E-state index in [-0.39, 0.29) is 17.6 Å². The van der Waals surface area contributed by atoms with Crippen molar-refractivity contribution in [2.24, 2.45) is 5.92 Å². The summed E-state index contributed by atoms with van der Waals surface area (Å²) in [7, 11) is -2.22. The van der Waals surface area contributed by atoms with E-state index in [1.54, 1.807) is 23.1 Å². The number of hydrogen-bond donors (Lipinski definition) is 0. The van der Waals surface area contributed by atoms with Crippen LogP contribution in [0.2, 0.25) is 0 Å². The first-order chi connectivity index (χ1) is 15.9. The van der Waals surface area contributed by atoms with Crippen LogP contribution in [0.15, 0.2) is 59.1 Å². The largest absolute Gasteiger partial charge is 0.496 e. The van der Waals surface area contributed by atoms with Crippen LogP contribution < -0.4 is 4.74 Å². The predicted octanol–water partition coefficient (Wildman–Crippen LogP) is 3.14. The summed E-state index contributed by atoms with van der Waals surface area (Å²) in [6.45, 7) is 1.15.